The van der Waals surface area contributed by atoms with Crippen LogP contribution in [0.1, 0.15) is 18.3 Å². The van der Waals surface area contributed by atoms with Crippen molar-refractivity contribution >= 4 is 33.6 Å². The standard InChI is InChI=1S/C19H18N6O2S/c1-3-27-14-7-5-4-6-12(14)17-16(26)15-18(28-17)19(23-10-22-15)25-24-8-13-11(2)20-9-21-13/h4-10,26H,3H2,1-2H3,(H,20,21)(H,22,23,25)/b24-8+. The van der Waals surface area contributed by atoms with Gasteiger partial charge in [0.15, 0.2) is 11.6 Å². The van der Waals surface area contributed by atoms with Crippen molar-refractivity contribution in [3.05, 3.63) is 48.3 Å². The Labute approximate surface area is 165 Å². The van der Waals surface area contributed by atoms with Crippen LogP contribution < -0.4 is 10.2 Å². The first-order valence-corrected chi connectivity index (χ1v) is 9.48. The molecule has 0 aliphatic rings. The number of nitrogens with zero attached hydrogens (tertiary/aromatic N) is 4. The number of hydrogen-bond donors (Lipinski definition) is 3. The zero-order valence-corrected chi connectivity index (χ0v) is 16.1. The van der Waals surface area contributed by atoms with Crippen LogP contribution in [-0.4, -0.2) is 37.9 Å². The Hall–Kier alpha value is -3.46. The number of rotatable bonds is 6. The molecular formula is C19H18N6O2S. The van der Waals surface area contributed by atoms with Gasteiger partial charge in [-0.25, -0.2) is 15.0 Å². The number of nitrogens with one attached hydrogen (secondary N) is 2. The summed E-state index contributed by atoms with van der Waals surface area (Å²) in [4.78, 5) is 16.3. The van der Waals surface area contributed by atoms with Gasteiger partial charge in [0.25, 0.3) is 0 Å². The third kappa shape index (κ3) is 3.27. The molecule has 28 heavy (non-hydrogen) atoms. The molecular weight excluding hydrogens is 376 g/mol. The number of aromatic nitrogens is 4. The Morgan fingerprint density at radius 3 is 2.93 bits per heavy atom. The number of para-hydroxylation sites is 1. The van der Waals surface area contributed by atoms with E-state index in [0.717, 1.165) is 17.0 Å². The average molecular weight is 394 g/mol. The van der Waals surface area contributed by atoms with Crippen molar-refractivity contribution < 1.29 is 9.84 Å². The minimum atomic E-state index is 0.102. The van der Waals surface area contributed by atoms with Crippen LogP contribution in [0.25, 0.3) is 20.7 Å². The lowest BCUT2D eigenvalue weighted by molar-refractivity contribution is 0.341. The zero-order chi connectivity index (χ0) is 19.5. The zero-order valence-electron chi connectivity index (χ0n) is 15.3. The third-order valence-electron chi connectivity index (χ3n) is 4.11. The van der Waals surface area contributed by atoms with Gasteiger partial charge in [0.05, 0.1) is 24.0 Å². The van der Waals surface area contributed by atoms with E-state index in [-0.39, 0.29) is 5.75 Å². The van der Waals surface area contributed by atoms with Crippen LogP contribution in [0.4, 0.5) is 5.82 Å². The lowest BCUT2D eigenvalue weighted by Crippen LogP contribution is -1.95. The summed E-state index contributed by atoms with van der Waals surface area (Å²) >= 11 is 1.38. The second kappa shape index (κ2) is 7.65. The molecule has 9 heteroatoms. The average Bonchev–Trinajstić information content (AvgIpc) is 3.27. The first kappa shape index (κ1) is 17.9. The summed E-state index contributed by atoms with van der Waals surface area (Å²) in [6.07, 6.45) is 4.61. The van der Waals surface area contributed by atoms with Crippen molar-refractivity contribution in [3.8, 4) is 21.9 Å². The van der Waals surface area contributed by atoms with Crippen LogP contribution in [0, 0.1) is 6.92 Å². The molecule has 3 N–H and O–H groups in total. The number of hydrazone groups is 1. The molecule has 142 valence electrons. The van der Waals surface area contributed by atoms with E-state index in [4.69, 9.17) is 4.74 Å². The highest BCUT2D eigenvalue weighted by molar-refractivity contribution is 7.23. The summed E-state index contributed by atoms with van der Waals surface area (Å²) in [5.74, 6) is 1.32. The number of hydrogen-bond acceptors (Lipinski definition) is 8. The molecule has 0 amide bonds. The normalized spacial score (nSPS) is 11.4. The van der Waals surface area contributed by atoms with Crippen molar-refractivity contribution in [2.45, 2.75) is 13.8 Å². The topological polar surface area (TPSA) is 108 Å². The molecule has 0 unspecified atom stereocenters. The van der Waals surface area contributed by atoms with Gasteiger partial charge in [-0.2, -0.15) is 5.10 Å². The smallest absolute Gasteiger partial charge is 0.167 e. The van der Waals surface area contributed by atoms with Gasteiger partial charge in [-0.05, 0) is 26.0 Å². The molecule has 4 rings (SSSR count). The highest BCUT2D eigenvalue weighted by Crippen LogP contribution is 2.47. The number of H-pyrrole nitrogens is 1. The minimum Gasteiger partial charge on any atom is -0.504 e. The highest BCUT2D eigenvalue weighted by atomic mass is 32.1. The van der Waals surface area contributed by atoms with Gasteiger partial charge in [-0.1, -0.05) is 12.1 Å². The number of fused-ring (bicyclic) bond motifs is 1. The Kier molecular flexibility index (Phi) is 4.90. The van der Waals surface area contributed by atoms with Gasteiger partial charge >= 0.3 is 0 Å². The molecule has 0 saturated carbocycles. The number of thiophene rings is 1. The maximum atomic E-state index is 10.8. The van der Waals surface area contributed by atoms with Gasteiger partial charge in [0.1, 0.15) is 28.0 Å². The van der Waals surface area contributed by atoms with Crippen LogP contribution in [0.5, 0.6) is 11.5 Å². The molecule has 0 saturated heterocycles. The van der Waals surface area contributed by atoms with E-state index in [1.165, 1.54) is 17.7 Å². The van der Waals surface area contributed by atoms with Gasteiger partial charge in [0, 0.05) is 11.3 Å². The Morgan fingerprint density at radius 1 is 1.29 bits per heavy atom. The van der Waals surface area contributed by atoms with E-state index in [1.807, 2.05) is 38.1 Å². The van der Waals surface area contributed by atoms with E-state index in [0.29, 0.717) is 33.3 Å². The molecule has 1 aromatic carbocycles. The fourth-order valence-electron chi connectivity index (χ4n) is 2.75. The molecule has 0 fully saturated rings. The van der Waals surface area contributed by atoms with Crippen LogP contribution in [0.2, 0.25) is 0 Å². The molecule has 8 nitrogen and oxygen atoms in total. The second-order valence-electron chi connectivity index (χ2n) is 5.89. The monoisotopic (exact) mass is 394 g/mol. The summed E-state index contributed by atoms with van der Waals surface area (Å²) in [5.41, 5.74) is 5.85. The second-order valence-corrected chi connectivity index (χ2v) is 6.91. The molecule has 0 spiro atoms. The van der Waals surface area contributed by atoms with Crippen molar-refractivity contribution in [1.29, 1.82) is 0 Å². The quantitative estimate of drug-likeness (QED) is 0.338. The lowest BCUT2D eigenvalue weighted by atomic mass is 10.1. The number of imidazole rings is 1. The fourth-order valence-corrected chi connectivity index (χ4v) is 3.87. The van der Waals surface area contributed by atoms with E-state index >= 15 is 0 Å². The number of aromatic amines is 1. The van der Waals surface area contributed by atoms with Crippen molar-refractivity contribution in [1.82, 2.24) is 19.9 Å². The summed E-state index contributed by atoms with van der Waals surface area (Å²) in [6.45, 7) is 4.38. The third-order valence-corrected chi connectivity index (χ3v) is 5.31. The summed E-state index contributed by atoms with van der Waals surface area (Å²) in [7, 11) is 0. The summed E-state index contributed by atoms with van der Waals surface area (Å²) < 4.78 is 6.41. The van der Waals surface area contributed by atoms with E-state index in [9.17, 15) is 5.11 Å². The van der Waals surface area contributed by atoms with Crippen molar-refractivity contribution in [2.75, 3.05) is 12.0 Å². The molecule has 0 atom stereocenters. The highest BCUT2D eigenvalue weighted by Gasteiger charge is 2.19. The van der Waals surface area contributed by atoms with E-state index in [2.05, 4.69) is 30.5 Å². The Bertz CT molecular complexity index is 1150. The van der Waals surface area contributed by atoms with E-state index < -0.39 is 0 Å². The van der Waals surface area contributed by atoms with Gasteiger partial charge in [-0.15, -0.1) is 11.3 Å². The molecule has 0 radical (unpaired) electrons. The fraction of sp³-hybridized carbons (Fsp3) is 0.158. The number of aromatic hydroxyl groups is 1. The van der Waals surface area contributed by atoms with Crippen molar-refractivity contribution in [3.63, 3.8) is 0 Å². The van der Waals surface area contributed by atoms with Gasteiger partial charge in [0.2, 0.25) is 0 Å². The molecule has 0 aliphatic carbocycles. The molecule has 4 aromatic rings. The van der Waals surface area contributed by atoms with Crippen molar-refractivity contribution in [2.24, 2.45) is 5.10 Å². The predicted molar refractivity (Wildman–Crippen MR) is 110 cm³/mol. The van der Waals surface area contributed by atoms with Crippen LogP contribution in [0.15, 0.2) is 42.0 Å². The van der Waals surface area contributed by atoms with Crippen LogP contribution in [0.3, 0.4) is 0 Å². The largest absolute Gasteiger partial charge is 0.504 e. The molecule has 0 aliphatic heterocycles. The summed E-state index contributed by atoms with van der Waals surface area (Å²) in [5, 5.41) is 15.0. The van der Waals surface area contributed by atoms with Gasteiger partial charge in [-0.3, -0.25) is 5.43 Å². The number of aryl methyl sites for hydroxylation is 1. The van der Waals surface area contributed by atoms with E-state index in [1.54, 1.807) is 12.5 Å². The predicted octanol–water partition coefficient (Wildman–Crippen LogP) is 3.94. The first-order valence-electron chi connectivity index (χ1n) is 8.66. The number of anilines is 1. The number of benzene rings is 1. The molecule has 3 heterocycles. The Balaban J connectivity index is 1.72. The molecule has 3 aromatic heterocycles. The van der Waals surface area contributed by atoms with Crippen LogP contribution in [-0.2, 0) is 0 Å². The number of ether oxygens (including phenoxy) is 1. The first-order chi connectivity index (χ1) is 13.7. The maximum Gasteiger partial charge on any atom is 0.167 e. The summed E-state index contributed by atoms with van der Waals surface area (Å²) in [6, 6.07) is 7.60. The van der Waals surface area contributed by atoms with Crippen LogP contribution >= 0.6 is 11.3 Å². The Morgan fingerprint density at radius 2 is 2.14 bits per heavy atom. The lowest BCUT2D eigenvalue weighted by Gasteiger charge is -2.08. The van der Waals surface area contributed by atoms with Gasteiger partial charge < -0.3 is 14.8 Å². The minimum absolute atomic E-state index is 0.102. The molecule has 0 bridgehead atoms. The maximum absolute atomic E-state index is 10.8. The SMILES string of the molecule is CCOc1ccccc1-c1sc2c(N/N=C/c3nc[nH]c3C)ncnc2c1O.